The summed E-state index contributed by atoms with van der Waals surface area (Å²) in [5.74, 6) is 0.341. The molecule has 162 valence electrons. The van der Waals surface area contributed by atoms with Gasteiger partial charge in [0.25, 0.3) is 0 Å². The van der Waals surface area contributed by atoms with Gasteiger partial charge in [-0.15, -0.1) is 0 Å². The van der Waals surface area contributed by atoms with Crippen molar-refractivity contribution in [3.8, 4) is 34.2 Å². The van der Waals surface area contributed by atoms with Crippen molar-refractivity contribution in [3.63, 3.8) is 0 Å². The summed E-state index contributed by atoms with van der Waals surface area (Å²) in [6.07, 6.45) is 6.12. The van der Waals surface area contributed by atoms with E-state index in [0.717, 1.165) is 22.2 Å². The maximum Gasteiger partial charge on any atom is 0.145 e. The van der Waals surface area contributed by atoms with Gasteiger partial charge in [-0.05, 0) is 74.3 Å². The highest BCUT2D eigenvalue weighted by Crippen LogP contribution is 2.38. The number of imidazole rings is 1. The Kier molecular flexibility index (Phi) is 6.48. The van der Waals surface area contributed by atoms with Gasteiger partial charge >= 0.3 is 0 Å². The summed E-state index contributed by atoms with van der Waals surface area (Å²) < 4.78 is 22.2. The molecule has 0 saturated carbocycles. The van der Waals surface area contributed by atoms with Crippen molar-refractivity contribution in [2.45, 2.75) is 19.8 Å². The molecule has 3 heterocycles. The molecule has 0 radical (unpaired) electrons. The molecule has 6 heteroatoms. The fourth-order valence-electron chi connectivity index (χ4n) is 3.88. The lowest BCUT2D eigenvalue weighted by atomic mass is 9.96. The molecule has 0 atom stereocenters. The van der Waals surface area contributed by atoms with E-state index in [-0.39, 0.29) is 5.82 Å². The highest BCUT2D eigenvalue weighted by atomic mass is 19.1. The number of rotatable bonds is 3. The van der Waals surface area contributed by atoms with Crippen molar-refractivity contribution in [2.24, 2.45) is 0 Å². The average molecular weight is 429 g/mol. The molecule has 32 heavy (non-hydrogen) atoms. The first-order valence-electron chi connectivity index (χ1n) is 10.6. The molecule has 4 aromatic rings. The number of ether oxygens (including phenoxy) is 1. The Labute approximate surface area is 187 Å². The van der Waals surface area contributed by atoms with E-state index in [9.17, 15) is 4.39 Å². The molecule has 2 aromatic heterocycles. The molecule has 1 aliphatic rings. The molecular formula is C26H25FN4O. The molecule has 0 aliphatic carbocycles. The Hall–Kier alpha value is -3.69. The zero-order valence-corrected chi connectivity index (χ0v) is 18.2. The minimum absolute atomic E-state index is 0.301. The summed E-state index contributed by atoms with van der Waals surface area (Å²) in [7, 11) is 1.59. The van der Waals surface area contributed by atoms with Crippen LogP contribution in [0.3, 0.4) is 0 Å². The number of nitriles is 1. The third-order valence-corrected chi connectivity index (χ3v) is 5.54. The van der Waals surface area contributed by atoms with E-state index in [1.54, 1.807) is 37.8 Å². The van der Waals surface area contributed by atoms with Crippen LogP contribution in [0.15, 0.2) is 61.1 Å². The van der Waals surface area contributed by atoms with E-state index >= 15 is 0 Å². The monoisotopic (exact) mass is 428 g/mol. The number of halogens is 1. The third kappa shape index (κ3) is 4.34. The van der Waals surface area contributed by atoms with Gasteiger partial charge in [0.15, 0.2) is 0 Å². The molecule has 5 rings (SSSR count). The zero-order chi connectivity index (χ0) is 22.5. The van der Waals surface area contributed by atoms with Crippen LogP contribution in [-0.4, -0.2) is 29.6 Å². The van der Waals surface area contributed by atoms with Crippen LogP contribution in [0.1, 0.15) is 24.0 Å². The van der Waals surface area contributed by atoms with Crippen LogP contribution in [0, 0.1) is 24.1 Å². The molecule has 1 fully saturated rings. The maximum absolute atomic E-state index is 14.9. The molecule has 0 bridgehead atoms. The van der Waals surface area contributed by atoms with Crippen LogP contribution in [0.4, 0.5) is 4.39 Å². The second kappa shape index (κ2) is 9.63. The first kappa shape index (κ1) is 21.5. The second-order valence-electron chi connectivity index (χ2n) is 7.75. The molecule has 2 aromatic carbocycles. The number of aromatic nitrogens is 2. The lowest BCUT2D eigenvalue weighted by molar-refractivity contribution is 0.418. The normalized spacial score (nSPS) is 12.8. The molecule has 0 spiro atoms. The van der Waals surface area contributed by atoms with Gasteiger partial charge in [0, 0.05) is 11.1 Å². The Balaban J connectivity index is 0.000000433. The minimum atomic E-state index is -0.301. The summed E-state index contributed by atoms with van der Waals surface area (Å²) in [5.41, 5.74) is 4.99. The highest BCUT2D eigenvalue weighted by Gasteiger charge is 2.19. The molecule has 1 aliphatic heterocycles. The summed E-state index contributed by atoms with van der Waals surface area (Å²) in [5, 5.41) is 12.3. The molecule has 0 unspecified atom stereocenters. The predicted molar refractivity (Wildman–Crippen MR) is 124 cm³/mol. The number of methoxy groups -OCH3 is 1. The smallest absolute Gasteiger partial charge is 0.145 e. The predicted octanol–water partition coefficient (Wildman–Crippen LogP) is 5.37. The number of nitrogens with zero attached hydrogens (tertiary/aromatic N) is 3. The van der Waals surface area contributed by atoms with Gasteiger partial charge in [-0.25, -0.2) is 9.37 Å². The van der Waals surface area contributed by atoms with Gasteiger partial charge in [0.05, 0.1) is 37.0 Å². The fourth-order valence-corrected chi connectivity index (χ4v) is 3.88. The maximum atomic E-state index is 14.9. The quantitative estimate of drug-likeness (QED) is 0.477. The largest absolute Gasteiger partial charge is 0.494 e. The number of aryl methyl sites for hydroxylation is 1. The first-order valence-corrected chi connectivity index (χ1v) is 10.6. The van der Waals surface area contributed by atoms with Crippen LogP contribution in [0.2, 0.25) is 0 Å². The number of fused-ring (bicyclic) bond motifs is 1. The standard InChI is InChI=1S/C22H16FN3O.C4H9N/c1-14-3-8-17(19(23)9-14)22-18(16-6-4-15(11-24)5-7-16)10-21(27-2)20-12-25-13-26(20)22;1-2-4-5-3-1/h3-10,12-13H,1-2H3;5H,1-4H2. The highest BCUT2D eigenvalue weighted by molar-refractivity contribution is 5.86. The van der Waals surface area contributed by atoms with Crippen LogP contribution in [-0.2, 0) is 0 Å². The molecule has 5 nitrogen and oxygen atoms in total. The van der Waals surface area contributed by atoms with Crippen molar-refractivity contribution in [3.05, 3.63) is 78.0 Å². The van der Waals surface area contributed by atoms with Crippen LogP contribution < -0.4 is 10.1 Å². The van der Waals surface area contributed by atoms with Gasteiger partial charge in [0.2, 0.25) is 0 Å². The number of benzene rings is 2. The van der Waals surface area contributed by atoms with E-state index in [1.165, 1.54) is 32.0 Å². The minimum Gasteiger partial charge on any atom is -0.494 e. The van der Waals surface area contributed by atoms with Gasteiger partial charge in [-0.2, -0.15) is 5.26 Å². The van der Waals surface area contributed by atoms with E-state index in [1.807, 2.05) is 35.6 Å². The Morgan fingerprint density at radius 1 is 1.06 bits per heavy atom. The fraction of sp³-hybridized carbons (Fsp3) is 0.231. The third-order valence-electron chi connectivity index (χ3n) is 5.54. The molecule has 1 saturated heterocycles. The number of hydrogen-bond acceptors (Lipinski definition) is 4. The lowest BCUT2D eigenvalue weighted by Crippen LogP contribution is -2.03. The number of pyridine rings is 1. The van der Waals surface area contributed by atoms with Crippen molar-refractivity contribution < 1.29 is 9.13 Å². The Bertz CT molecular complexity index is 1260. The summed E-state index contributed by atoms with van der Waals surface area (Å²) in [6.45, 7) is 4.36. The average Bonchev–Trinajstić information content (AvgIpc) is 3.54. The van der Waals surface area contributed by atoms with Gasteiger partial charge in [-0.3, -0.25) is 4.40 Å². The van der Waals surface area contributed by atoms with Crippen molar-refractivity contribution >= 4 is 5.52 Å². The Morgan fingerprint density at radius 3 is 2.41 bits per heavy atom. The van der Waals surface area contributed by atoms with Gasteiger partial charge in [0.1, 0.15) is 17.1 Å². The zero-order valence-electron chi connectivity index (χ0n) is 18.2. The summed E-state index contributed by atoms with van der Waals surface area (Å²) in [4.78, 5) is 4.22. The van der Waals surface area contributed by atoms with Gasteiger partial charge < -0.3 is 10.1 Å². The van der Waals surface area contributed by atoms with Crippen molar-refractivity contribution in [1.82, 2.24) is 14.7 Å². The Morgan fingerprint density at radius 2 is 1.81 bits per heavy atom. The molecular weight excluding hydrogens is 403 g/mol. The van der Waals surface area contributed by atoms with E-state index < -0.39 is 0 Å². The van der Waals surface area contributed by atoms with Crippen LogP contribution >= 0.6 is 0 Å². The second-order valence-corrected chi connectivity index (χ2v) is 7.75. The van der Waals surface area contributed by atoms with Crippen molar-refractivity contribution in [1.29, 1.82) is 5.26 Å². The topological polar surface area (TPSA) is 62.3 Å². The van der Waals surface area contributed by atoms with E-state index in [0.29, 0.717) is 22.6 Å². The number of nitrogens with one attached hydrogen (secondary N) is 1. The summed E-state index contributed by atoms with van der Waals surface area (Å²) >= 11 is 0. The molecule has 1 N–H and O–H groups in total. The van der Waals surface area contributed by atoms with E-state index in [4.69, 9.17) is 10.00 Å². The number of hydrogen-bond donors (Lipinski definition) is 1. The first-order chi connectivity index (χ1) is 15.6. The summed E-state index contributed by atoms with van der Waals surface area (Å²) in [6, 6.07) is 16.4. The SMILES string of the molecule is C1CCNC1.COc1cc(-c2ccc(C#N)cc2)c(-c2ccc(C)cc2F)n2cncc12. The van der Waals surface area contributed by atoms with Crippen LogP contribution in [0.25, 0.3) is 27.9 Å². The molecule has 0 amide bonds. The van der Waals surface area contributed by atoms with E-state index in [2.05, 4.69) is 16.4 Å². The van der Waals surface area contributed by atoms with Gasteiger partial charge in [-0.1, -0.05) is 18.2 Å². The van der Waals surface area contributed by atoms with Crippen LogP contribution in [0.5, 0.6) is 5.75 Å². The van der Waals surface area contributed by atoms with Crippen molar-refractivity contribution in [2.75, 3.05) is 20.2 Å². The lowest BCUT2D eigenvalue weighted by Gasteiger charge is -2.16.